The van der Waals surface area contributed by atoms with Crippen LogP contribution in [0.5, 0.6) is 5.75 Å². The average Bonchev–Trinajstić information content (AvgIpc) is 3.38. The van der Waals surface area contributed by atoms with E-state index in [0.29, 0.717) is 5.82 Å². The van der Waals surface area contributed by atoms with Gasteiger partial charge >= 0.3 is 0 Å². The lowest BCUT2D eigenvalue weighted by atomic mass is 10.0. The van der Waals surface area contributed by atoms with Crippen LogP contribution in [0.3, 0.4) is 0 Å². The zero-order chi connectivity index (χ0) is 23.6. The summed E-state index contributed by atoms with van der Waals surface area (Å²) in [6.07, 6.45) is 2.05. The molecule has 6 rings (SSSR count). The first-order chi connectivity index (χ1) is 17.3. The first-order valence-electron chi connectivity index (χ1n) is 11.5. The predicted octanol–water partition coefficient (Wildman–Crippen LogP) is 7.43. The second kappa shape index (κ2) is 8.92. The van der Waals surface area contributed by atoms with Gasteiger partial charge in [-0.2, -0.15) is 0 Å². The minimum atomic E-state index is 0.699. The van der Waals surface area contributed by atoms with E-state index in [2.05, 4.69) is 77.5 Å². The summed E-state index contributed by atoms with van der Waals surface area (Å²) in [7, 11) is 1.68. The molecule has 6 aromatic rings. The highest BCUT2D eigenvalue weighted by Gasteiger charge is 2.15. The summed E-state index contributed by atoms with van der Waals surface area (Å²) in [5, 5.41) is 1.01. The molecule has 0 bridgehead atoms. The van der Waals surface area contributed by atoms with Crippen LogP contribution in [0.4, 0.5) is 0 Å². The highest BCUT2D eigenvalue weighted by molar-refractivity contribution is 5.93. The largest absolute Gasteiger partial charge is 0.497 e. The van der Waals surface area contributed by atoms with Crippen molar-refractivity contribution in [1.29, 1.82) is 0 Å². The van der Waals surface area contributed by atoms with Gasteiger partial charge in [0.2, 0.25) is 0 Å². The van der Waals surface area contributed by atoms with Crippen molar-refractivity contribution in [1.82, 2.24) is 14.5 Å². The predicted molar refractivity (Wildman–Crippen MR) is 142 cm³/mol. The van der Waals surface area contributed by atoms with E-state index in [-0.39, 0.29) is 0 Å². The molecule has 0 unspecified atom stereocenters. The molecule has 0 fully saturated rings. The van der Waals surface area contributed by atoms with Gasteiger partial charge < -0.3 is 9.30 Å². The van der Waals surface area contributed by atoms with Crippen molar-refractivity contribution in [2.24, 2.45) is 0 Å². The summed E-state index contributed by atoms with van der Waals surface area (Å²) in [5.74, 6) is 1.52. The number of aromatic nitrogens is 3. The molecule has 0 N–H and O–H groups in total. The Morgan fingerprint density at radius 2 is 1.17 bits per heavy atom. The minimum Gasteiger partial charge on any atom is -0.497 e. The highest BCUT2D eigenvalue weighted by Crippen LogP contribution is 2.32. The molecule has 0 saturated carbocycles. The van der Waals surface area contributed by atoms with Gasteiger partial charge in [-0.3, -0.25) is 0 Å². The van der Waals surface area contributed by atoms with Crippen LogP contribution < -0.4 is 4.74 Å². The lowest BCUT2D eigenvalue weighted by Gasteiger charge is -2.11. The molecule has 0 aliphatic heterocycles. The molecule has 168 valence electrons. The number of hydrogen-bond donors (Lipinski definition) is 0. The van der Waals surface area contributed by atoms with E-state index in [0.717, 1.165) is 39.3 Å². The molecule has 0 spiro atoms. The van der Waals surface area contributed by atoms with Crippen molar-refractivity contribution in [3.05, 3.63) is 121 Å². The number of fused-ring (bicyclic) bond motifs is 1. The Labute approximate surface area is 204 Å². The van der Waals surface area contributed by atoms with Gasteiger partial charge in [0, 0.05) is 28.4 Å². The maximum atomic E-state index is 5.33. The van der Waals surface area contributed by atoms with Crippen LogP contribution in [0.2, 0.25) is 0 Å². The van der Waals surface area contributed by atoms with E-state index in [1.165, 1.54) is 11.1 Å². The monoisotopic (exact) mass is 453 g/mol. The number of nitrogens with zero attached hydrogens (tertiary/aromatic N) is 3. The molecular weight excluding hydrogens is 430 g/mol. The van der Waals surface area contributed by atoms with Crippen LogP contribution in [0.25, 0.3) is 50.5 Å². The first kappa shape index (κ1) is 20.9. The fourth-order valence-electron chi connectivity index (χ4n) is 4.35. The molecule has 4 nitrogen and oxygen atoms in total. The summed E-state index contributed by atoms with van der Waals surface area (Å²) in [4.78, 5) is 10.1. The minimum absolute atomic E-state index is 0.699. The van der Waals surface area contributed by atoms with Gasteiger partial charge in [0.1, 0.15) is 11.4 Å². The molecule has 4 heteroatoms. The Bertz CT molecular complexity index is 1590. The fraction of sp³-hybridized carbons (Fsp3) is 0.0323. The van der Waals surface area contributed by atoms with Crippen molar-refractivity contribution in [3.63, 3.8) is 0 Å². The number of benzene rings is 4. The summed E-state index contributed by atoms with van der Waals surface area (Å²) in [5.41, 5.74) is 7.20. The van der Waals surface area contributed by atoms with Gasteiger partial charge in [0.25, 0.3) is 0 Å². The Kier molecular flexibility index (Phi) is 5.32. The Morgan fingerprint density at radius 3 is 1.83 bits per heavy atom. The van der Waals surface area contributed by atoms with Crippen LogP contribution in [0, 0.1) is 0 Å². The third kappa shape index (κ3) is 3.96. The van der Waals surface area contributed by atoms with Crippen LogP contribution >= 0.6 is 0 Å². The normalized spacial score (nSPS) is 11.0. The zero-order valence-corrected chi connectivity index (χ0v) is 19.3. The van der Waals surface area contributed by atoms with Gasteiger partial charge in [0.15, 0.2) is 5.82 Å². The molecule has 0 atom stereocenters. The fourth-order valence-corrected chi connectivity index (χ4v) is 4.35. The molecule has 4 aromatic carbocycles. The molecule has 0 radical (unpaired) electrons. The Morgan fingerprint density at radius 1 is 0.571 bits per heavy atom. The number of ether oxygens (including phenoxy) is 1. The van der Waals surface area contributed by atoms with E-state index in [4.69, 9.17) is 14.7 Å². The molecule has 2 aromatic heterocycles. The second-order valence-electron chi connectivity index (χ2n) is 8.33. The summed E-state index contributed by atoms with van der Waals surface area (Å²) in [6.45, 7) is 0. The van der Waals surface area contributed by atoms with Gasteiger partial charge in [-0.25, -0.2) is 9.97 Å². The number of methoxy groups -OCH3 is 1. The molecule has 0 aliphatic rings. The topological polar surface area (TPSA) is 39.9 Å². The Hall–Kier alpha value is -4.70. The van der Waals surface area contributed by atoms with Crippen molar-refractivity contribution >= 4 is 11.0 Å². The van der Waals surface area contributed by atoms with Crippen LogP contribution in [-0.4, -0.2) is 21.6 Å². The lowest BCUT2D eigenvalue weighted by Crippen LogP contribution is -1.99. The summed E-state index contributed by atoms with van der Waals surface area (Å²) < 4.78 is 7.44. The van der Waals surface area contributed by atoms with Crippen molar-refractivity contribution in [3.8, 4) is 45.2 Å². The zero-order valence-electron chi connectivity index (χ0n) is 19.3. The summed E-state index contributed by atoms with van der Waals surface area (Å²) >= 11 is 0. The van der Waals surface area contributed by atoms with E-state index in [1.807, 2.05) is 48.5 Å². The van der Waals surface area contributed by atoms with Gasteiger partial charge in [-0.1, -0.05) is 84.9 Å². The van der Waals surface area contributed by atoms with E-state index < -0.39 is 0 Å². The molecule has 0 amide bonds. The molecule has 0 aliphatic carbocycles. The number of hydrogen-bond acceptors (Lipinski definition) is 3. The average molecular weight is 454 g/mol. The quantitative estimate of drug-likeness (QED) is 0.272. The van der Waals surface area contributed by atoms with Gasteiger partial charge in [-0.15, -0.1) is 0 Å². The third-order valence-corrected chi connectivity index (χ3v) is 6.19. The number of rotatable bonds is 5. The Balaban J connectivity index is 1.51. The third-order valence-electron chi connectivity index (χ3n) is 6.19. The second-order valence-corrected chi connectivity index (χ2v) is 8.33. The molecule has 35 heavy (non-hydrogen) atoms. The van der Waals surface area contributed by atoms with E-state index in [9.17, 15) is 0 Å². The maximum absolute atomic E-state index is 5.33. The molecule has 0 saturated heterocycles. The highest BCUT2D eigenvalue weighted by atomic mass is 16.5. The van der Waals surface area contributed by atoms with E-state index in [1.54, 1.807) is 7.11 Å². The molecule has 2 heterocycles. The lowest BCUT2D eigenvalue weighted by molar-refractivity contribution is 0.415. The standard InChI is InChI=1S/C31H23N3O/c1-35-27-18-16-26(17-19-27)34-21-20-28-29(24-10-6-3-7-11-24)32-30(33-31(28)34)25-14-12-23(13-15-25)22-8-4-2-5-9-22/h2-21H,1H3. The van der Waals surface area contributed by atoms with Gasteiger partial charge in [-0.05, 0) is 41.5 Å². The van der Waals surface area contributed by atoms with Crippen molar-refractivity contribution in [2.45, 2.75) is 0 Å². The van der Waals surface area contributed by atoms with Crippen molar-refractivity contribution < 1.29 is 4.74 Å². The van der Waals surface area contributed by atoms with Crippen LogP contribution in [-0.2, 0) is 0 Å². The van der Waals surface area contributed by atoms with Crippen LogP contribution in [0.15, 0.2) is 121 Å². The summed E-state index contributed by atoms with van der Waals surface area (Å²) in [6, 6.07) is 39.2. The van der Waals surface area contributed by atoms with Crippen LogP contribution in [0.1, 0.15) is 0 Å². The SMILES string of the molecule is COc1ccc(-n2ccc3c(-c4ccccc4)nc(-c4ccc(-c5ccccc5)cc4)nc32)cc1. The smallest absolute Gasteiger partial charge is 0.162 e. The van der Waals surface area contributed by atoms with Crippen molar-refractivity contribution in [2.75, 3.05) is 7.11 Å². The maximum Gasteiger partial charge on any atom is 0.162 e. The first-order valence-corrected chi connectivity index (χ1v) is 11.5. The van der Waals surface area contributed by atoms with E-state index >= 15 is 0 Å². The molecular formula is C31H23N3O. The van der Waals surface area contributed by atoms with Gasteiger partial charge in [0.05, 0.1) is 12.8 Å².